The fourth-order valence-corrected chi connectivity index (χ4v) is 3.27. The molecule has 1 unspecified atom stereocenters. The van der Waals surface area contributed by atoms with Gasteiger partial charge < -0.3 is 5.31 Å². The van der Waals surface area contributed by atoms with Crippen LogP contribution < -0.4 is 5.31 Å². The lowest BCUT2D eigenvalue weighted by Gasteiger charge is -2.32. The number of piperidine rings is 1. The van der Waals surface area contributed by atoms with Crippen molar-refractivity contribution in [1.82, 2.24) is 14.9 Å². The Hall–Kier alpha value is -2.20. The second-order valence-electron chi connectivity index (χ2n) is 5.45. The van der Waals surface area contributed by atoms with Crippen LogP contribution in [0.4, 0.5) is 5.82 Å². The molecule has 1 N–H and O–H groups in total. The maximum absolute atomic E-state index is 9.37. The number of hydrogen-bond acceptors (Lipinski definition) is 6. The number of rotatable bonds is 4. The molecule has 1 aliphatic rings. The monoisotopic (exact) mass is 410 g/mol. The van der Waals surface area contributed by atoms with Gasteiger partial charge in [-0.15, -0.1) is 11.3 Å². The molecule has 7 heteroatoms. The van der Waals surface area contributed by atoms with Gasteiger partial charge >= 0.3 is 0 Å². The van der Waals surface area contributed by atoms with Gasteiger partial charge in [0.2, 0.25) is 0 Å². The van der Waals surface area contributed by atoms with Gasteiger partial charge in [-0.25, -0.2) is 9.97 Å². The molecule has 4 rings (SSSR count). The van der Waals surface area contributed by atoms with E-state index in [9.17, 15) is 5.26 Å². The van der Waals surface area contributed by atoms with Crippen molar-refractivity contribution in [2.24, 2.45) is 0 Å². The first-order chi connectivity index (χ1) is 18.2. The van der Waals surface area contributed by atoms with Crippen LogP contribution in [0.5, 0.6) is 0 Å². The number of likely N-dealkylation sites (tertiary alicyclic amines) is 1. The van der Waals surface area contributed by atoms with Gasteiger partial charge in [0.05, 0.1) is 24.1 Å². The number of nitrogens with zero attached hydrogens (tertiary/aromatic N) is 4. The Morgan fingerprint density at radius 3 is 3.15 bits per heavy atom. The van der Waals surface area contributed by atoms with Gasteiger partial charge in [-0.05, 0) is 42.9 Å². The number of aromatic nitrogens is 2. The molecule has 0 spiro atoms. The zero-order valence-corrected chi connectivity index (χ0v) is 15.4. The Bertz CT molecular complexity index is 1530. The van der Waals surface area contributed by atoms with Crippen LogP contribution in [-0.4, -0.2) is 33.9 Å². The molecular formula is C20H20ClN5S. The number of nitrogens with one attached hydrogen (secondary N) is 1. The second-order valence-corrected chi connectivity index (χ2v) is 7.05. The number of halogens is 1. The molecule has 0 saturated carbocycles. The summed E-state index contributed by atoms with van der Waals surface area (Å²) in [5.74, 6) is -0.814. The fraction of sp³-hybridized carbons (Fsp3) is 0.350. The number of nitriles is 1. The fourth-order valence-electron chi connectivity index (χ4n) is 2.30. The first-order valence-corrected chi connectivity index (χ1v) is 8.84. The van der Waals surface area contributed by atoms with Gasteiger partial charge in [0.15, 0.2) is 1.41 Å². The van der Waals surface area contributed by atoms with E-state index in [2.05, 4.69) is 9.97 Å². The number of aryl methyl sites for hydroxylation is 1. The van der Waals surface area contributed by atoms with Crippen LogP contribution >= 0.6 is 22.9 Å². The van der Waals surface area contributed by atoms with E-state index in [1.165, 1.54) is 18.2 Å². The van der Waals surface area contributed by atoms with Crippen molar-refractivity contribution in [2.45, 2.75) is 32.2 Å². The lowest BCUT2D eigenvalue weighted by Crippen LogP contribution is -2.38. The van der Waals surface area contributed by atoms with E-state index in [4.69, 9.17) is 29.5 Å². The molecule has 1 atom stereocenters. The summed E-state index contributed by atoms with van der Waals surface area (Å²) in [5.41, 5.74) is 0.464. The molecular weight excluding hydrogens is 378 g/mol. The summed E-state index contributed by atoms with van der Waals surface area (Å²) in [4.78, 5) is 7.39. The quantitative estimate of drug-likeness (QED) is 0.680. The molecule has 1 fully saturated rings. The summed E-state index contributed by atoms with van der Waals surface area (Å²) in [6.07, 6.45) is -8.30. The van der Waals surface area contributed by atoms with Crippen LogP contribution in [0, 0.1) is 18.3 Å². The van der Waals surface area contributed by atoms with E-state index in [-0.39, 0.29) is 35.9 Å². The van der Waals surface area contributed by atoms with Gasteiger partial charge in [0.1, 0.15) is 18.3 Å². The number of hydrogen-bond donors (Lipinski definition) is 1. The highest BCUT2D eigenvalue weighted by atomic mass is 35.5. The van der Waals surface area contributed by atoms with E-state index in [1.54, 1.807) is 6.92 Å². The molecule has 27 heavy (non-hydrogen) atoms. The highest BCUT2D eigenvalue weighted by Gasteiger charge is 2.20. The number of benzene rings is 1. The van der Waals surface area contributed by atoms with Crippen LogP contribution in [-0.2, 0) is 6.52 Å². The number of fused-ring (bicyclic) bond motifs is 1. The Labute approximate surface area is 185 Å². The number of anilines is 1. The molecule has 3 heterocycles. The van der Waals surface area contributed by atoms with Crippen LogP contribution in [0.3, 0.4) is 0 Å². The Kier molecular flexibility index (Phi) is 2.44. The Morgan fingerprint density at radius 1 is 1.56 bits per heavy atom. The minimum absolute atomic E-state index is 0.00924. The average molecular weight is 411 g/mol. The van der Waals surface area contributed by atoms with E-state index in [0.717, 1.165) is 11.3 Å². The van der Waals surface area contributed by atoms with Crippen molar-refractivity contribution in [2.75, 3.05) is 18.3 Å². The molecule has 0 aliphatic carbocycles. The average Bonchev–Trinajstić information content (AvgIpc) is 3.14. The molecule has 5 nitrogen and oxygen atoms in total. The van der Waals surface area contributed by atoms with Crippen molar-refractivity contribution in [3.05, 3.63) is 51.6 Å². The summed E-state index contributed by atoms with van der Waals surface area (Å²) in [5, 5.41) is 8.86. The second kappa shape index (κ2) is 7.81. The molecule has 1 aromatic carbocycles. The predicted octanol–water partition coefficient (Wildman–Crippen LogP) is 4.60. The zero-order valence-electron chi connectivity index (χ0n) is 26.8. The summed E-state index contributed by atoms with van der Waals surface area (Å²) in [6.45, 7) is -7.74. The minimum atomic E-state index is -3.78. The normalized spacial score (nSPS) is 32.6. The topological polar surface area (TPSA) is 64.8 Å². The van der Waals surface area contributed by atoms with Crippen molar-refractivity contribution in [1.29, 1.82) is 5.26 Å². The van der Waals surface area contributed by atoms with E-state index >= 15 is 0 Å². The molecule has 1 aliphatic heterocycles. The number of thiophene rings is 1. The first-order valence-electron chi connectivity index (χ1n) is 14.2. The standard InChI is InChI=1S/C20H20ClN5S/c1-13-2-3-14(8-15(13)10-22)11-26-6-4-16(5-7-26)25-19-17-9-18(21)27-20(17)24-12-23-19/h2-3,8-9,12,16H,4-7,11H2,1H3,(H,23,24,25)/i4D2,5D2,6D2,7D2,9D,11D,12D,16D/hD. The summed E-state index contributed by atoms with van der Waals surface area (Å²) in [7, 11) is 0. The van der Waals surface area contributed by atoms with Crippen LogP contribution in [0.25, 0.3) is 10.2 Å². The summed E-state index contributed by atoms with van der Waals surface area (Å²) < 4.78 is 112. The summed E-state index contributed by atoms with van der Waals surface area (Å²) in [6, 6.07) is 1.59. The van der Waals surface area contributed by atoms with E-state index < -0.39 is 56.4 Å². The smallest absolute Gasteiger partial charge is 0.162 e. The molecule has 138 valence electrons. The Morgan fingerprint density at radius 2 is 2.37 bits per heavy atom. The zero-order chi connectivity index (χ0) is 30.4. The van der Waals surface area contributed by atoms with E-state index in [0.29, 0.717) is 5.56 Å². The third kappa shape index (κ3) is 4.06. The summed E-state index contributed by atoms with van der Waals surface area (Å²) >= 11 is 6.73. The van der Waals surface area contributed by atoms with Crippen LogP contribution in [0.2, 0.25) is 5.75 Å². The van der Waals surface area contributed by atoms with Crippen molar-refractivity contribution < 1.29 is 17.9 Å². The van der Waals surface area contributed by atoms with Gasteiger partial charge in [-0.2, -0.15) is 5.26 Å². The lowest BCUT2D eigenvalue weighted by atomic mass is 10.0. The maximum atomic E-state index is 9.37. The molecule has 2 aromatic heterocycles. The van der Waals surface area contributed by atoms with E-state index in [1.807, 2.05) is 6.07 Å². The van der Waals surface area contributed by atoms with Crippen LogP contribution in [0.15, 0.2) is 30.5 Å². The van der Waals surface area contributed by atoms with Crippen molar-refractivity contribution in [3.8, 4) is 6.07 Å². The van der Waals surface area contributed by atoms with Gasteiger partial charge in [-0.1, -0.05) is 23.7 Å². The lowest BCUT2D eigenvalue weighted by molar-refractivity contribution is 0.211. The third-order valence-electron chi connectivity index (χ3n) is 3.62. The first kappa shape index (κ1) is 8.44. The molecule has 0 radical (unpaired) electrons. The van der Waals surface area contributed by atoms with Crippen LogP contribution in [0.1, 0.15) is 45.9 Å². The van der Waals surface area contributed by atoms with Gasteiger partial charge in [0.25, 0.3) is 0 Å². The largest absolute Gasteiger partial charge is 0.367 e. The maximum Gasteiger partial charge on any atom is 0.162 e. The SMILES string of the molecule is [2H]c1nc(N([2H])C2([2H])C([2H])([2H])C([2H])([2H])N(C([2H])c3ccc(C)c(C#N)c3)C([2H])([2H])C2([2H])[2H])c2c([2H])c(Cl)sc2n1. The van der Waals surface area contributed by atoms with Gasteiger partial charge in [0, 0.05) is 37.9 Å². The Balaban J connectivity index is 1.97. The molecule has 0 bridgehead atoms. The van der Waals surface area contributed by atoms with Crippen molar-refractivity contribution >= 4 is 39.0 Å². The third-order valence-corrected chi connectivity index (χ3v) is 4.72. The minimum Gasteiger partial charge on any atom is -0.367 e. The molecule has 3 aromatic rings. The van der Waals surface area contributed by atoms with Crippen molar-refractivity contribution in [3.63, 3.8) is 0 Å². The molecule has 0 amide bonds. The van der Waals surface area contributed by atoms with Gasteiger partial charge in [-0.3, -0.25) is 4.90 Å². The predicted molar refractivity (Wildman–Crippen MR) is 110 cm³/mol. The highest BCUT2D eigenvalue weighted by Crippen LogP contribution is 2.32. The highest BCUT2D eigenvalue weighted by molar-refractivity contribution is 7.22. The molecule has 1 saturated heterocycles.